The lowest BCUT2D eigenvalue weighted by atomic mass is 9.75. The van der Waals surface area contributed by atoms with Crippen LogP contribution in [-0.2, 0) is 0 Å². The Morgan fingerprint density at radius 2 is 1.96 bits per heavy atom. The number of hydrogen-bond donors (Lipinski definition) is 1. The summed E-state index contributed by atoms with van der Waals surface area (Å²) in [4.78, 5) is 9.62. The van der Waals surface area contributed by atoms with E-state index in [1.807, 2.05) is 0 Å². The molecule has 1 aliphatic heterocycles. The fraction of sp³-hybridized carbons (Fsp3) is 0.700. The van der Waals surface area contributed by atoms with E-state index in [9.17, 15) is 5.11 Å². The molecule has 0 aromatic rings. The molecule has 2 atom stereocenters. The third-order valence-electron chi connectivity index (χ3n) is 4.99. The first-order chi connectivity index (χ1) is 11.1. The van der Waals surface area contributed by atoms with E-state index in [1.165, 1.54) is 43.4 Å². The first-order valence-electron chi connectivity index (χ1n) is 9.22. The monoisotopic (exact) mass is 316 g/mol. The molecule has 1 saturated carbocycles. The molecule has 0 amide bonds. The number of unbranched alkanes of at least 4 members (excludes halogenated alkanes) is 1. The van der Waals surface area contributed by atoms with Crippen molar-refractivity contribution in [2.75, 3.05) is 13.2 Å². The van der Waals surface area contributed by atoms with Crippen molar-refractivity contribution in [1.82, 2.24) is 0 Å². The number of aliphatic hydroxyl groups is 1. The molecule has 0 saturated heterocycles. The van der Waals surface area contributed by atoms with E-state index >= 15 is 0 Å². The van der Waals surface area contributed by atoms with Crippen LogP contribution in [0.15, 0.2) is 33.4 Å². The molecular weight excluding hydrogens is 284 g/mol. The van der Waals surface area contributed by atoms with E-state index in [0.717, 1.165) is 30.8 Å². The zero-order valence-corrected chi connectivity index (χ0v) is 15.0. The Hall–Kier alpha value is -1.22. The maximum absolute atomic E-state index is 9.75. The SMILES string of the molecule is CCCCC1=N\C\C(C2CCCC[C@H]2CO)=C/C(C)=N/C(C)=C/1. The van der Waals surface area contributed by atoms with Crippen molar-refractivity contribution in [3.05, 3.63) is 23.4 Å². The molecule has 2 aliphatic rings. The van der Waals surface area contributed by atoms with Crippen molar-refractivity contribution >= 4 is 11.4 Å². The van der Waals surface area contributed by atoms with Gasteiger partial charge in [-0.15, -0.1) is 0 Å². The van der Waals surface area contributed by atoms with Crippen LogP contribution in [-0.4, -0.2) is 29.7 Å². The van der Waals surface area contributed by atoms with Crippen LogP contribution in [0.25, 0.3) is 0 Å². The molecular formula is C20H32N2O. The largest absolute Gasteiger partial charge is 0.396 e. The molecule has 0 bridgehead atoms. The van der Waals surface area contributed by atoms with Crippen LogP contribution in [0.2, 0.25) is 0 Å². The predicted octanol–water partition coefficient (Wildman–Crippen LogP) is 4.72. The van der Waals surface area contributed by atoms with E-state index in [1.54, 1.807) is 0 Å². The normalized spacial score (nSPS) is 35.3. The standard InChI is InChI=1S/C20H32N2O/c1-4-5-9-19-12-16(3)22-15(2)11-18(13-21-19)20-10-7-6-8-17(20)14-23/h11-12,17,20,23H,4-10,13-14H2,1-3H3/b16-12+,18-11+,21-19-,22-15+/t17-,20?/m0/s1. The van der Waals surface area contributed by atoms with Crippen molar-refractivity contribution in [3.63, 3.8) is 0 Å². The molecule has 0 radical (unpaired) electrons. The Bertz CT molecular complexity index is 514. The van der Waals surface area contributed by atoms with E-state index in [2.05, 4.69) is 32.9 Å². The Morgan fingerprint density at radius 3 is 2.70 bits per heavy atom. The highest BCUT2D eigenvalue weighted by Crippen LogP contribution is 2.35. The second-order valence-corrected chi connectivity index (χ2v) is 7.00. The number of aliphatic imine (C=N–C) groups is 2. The van der Waals surface area contributed by atoms with Gasteiger partial charge in [0.25, 0.3) is 0 Å². The average molecular weight is 316 g/mol. The molecule has 1 fully saturated rings. The highest BCUT2D eigenvalue weighted by Gasteiger charge is 2.27. The summed E-state index contributed by atoms with van der Waals surface area (Å²) >= 11 is 0. The molecule has 3 nitrogen and oxygen atoms in total. The van der Waals surface area contributed by atoms with Gasteiger partial charge in [0.05, 0.1) is 6.54 Å². The lowest BCUT2D eigenvalue weighted by molar-refractivity contribution is 0.151. The summed E-state index contributed by atoms with van der Waals surface area (Å²) in [5.74, 6) is 0.861. The topological polar surface area (TPSA) is 45.0 Å². The van der Waals surface area contributed by atoms with Gasteiger partial charge in [0, 0.05) is 23.7 Å². The van der Waals surface area contributed by atoms with Crippen LogP contribution in [0, 0.1) is 11.8 Å². The van der Waals surface area contributed by atoms with Gasteiger partial charge < -0.3 is 5.11 Å². The highest BCUT2D eigenvalue weighted by molar-refractivity contribution is 5.98. The summed E-state index contributed by atoms with van der Waals surface area (Å²) in [6.45, 7) is 7.40. The summed E-state index contributed by atoms with van der Waals surface area (Å²) in [7, 11) is 0. The van der Waals surface area contributed by atoms with E-state index < -0.39 is 0 Å². The minimum atomic E-state index is 0.294. The third kappa shape index (κ3) is 5.42. The molecule has 1 heterocycles. The second-order valence-electron chi connectivity index (χ2n) is 7.00. The van der Waals surface area contributed by atoms with Crippen LogP contribution in [0.1, 0.15) is 65.7 Å². The fourth-order valence-corrected chi connectivity index (χ4v) is 3.78. The molecule has 0 aromatic carbocycles. The molecule has 23 heavy (non-hydrogen) atoms. The molecule has 1 aliphatic carbocycles. The Kier molecular flexibility index (Phi) is 7.22. The van der Waals surface area contributed by atoms with Crippen molar-refractivity contribution in [1.29, 1.82) is 0 Å². The van der Waals surface area contributed by atoms with Gasteiger partial charge in [0.15, 0.2) is 0 Å². The molecule has 3 heteroatoms. The number of allylic oxidation sites excluding steroid dienone is 3. The zero-order valence-electron chi connectivity index (χ0n) is 15.0. The van der Waals surface area contributed by atoms with Crippen LogP contribution < -0.4 is 0 Å². The summed E-state index contributed by atoms with van der Waals surface area (Å²) in [5.41, 5.74) is 4.63. The van der Waals surface area contributed by atoms with E-state index in [4.69, 9.17) is 9.98 Å². The predicted molar refractivity (Wildman–Crippen MR) is 99.3 cm³/mol. The first kappa shape index (κ1) is 18.1. The van der Waals surface area contributed by atoms with Crippen LogP contribution in [0.5, 0.6) is 0 Å². The minimum Gasteiger partial charge on any atom is -0.396 e. The average Bonchev–Trinajstić information content (AvgIpc) is 2.61. The van der Waals surface area contributed by atoms with E-state index in [-0.39, 0.29) is 0 Å². The van der Waals surface area contributed by atoms with Crippen molar-refractivity contribution in [2.45, 2.75) is 65.7 Å². The highest BCUT2D eigenvalue weighted by atomic mass is 16.3. The molecule has 0 aromatic heterocycles. The zero-order chi connectivity index (χ0) is 16.7. The van der Waals surface area contributed by atoms with Crippen LogP contribution >= 0.6 is 0 Å². The molecule has 2 rings (SSSR count). The summed E-state index contributed by atoms with van der Waals surface area (Å²) < 4.78 is 0. The van der Waals surface area contributed by atoms with E-state index in [0.29, 0.717) is 18.4 Å². The number of hydrogen-bond acceptors (Lipinski definition) is 3. The summed E-state index contributed by atoms with van der Waals surface area (Å²) in [6.07, 6.45) is 12.6. The molecule has 1 N–H and O–H groups in total. The molecule has 1 unspecified atom stereocenters. The summed E-state index contributed by atoms with van der Waals surface area (Å²) in [6, 6.07) is 0. The van der Waals surface area contributed by atoms with Gasteiger partial charge in [0.1, 0.15) is 0 Å². The Balaban J connectivity index is 2.26. The Morgan fingerprint density at radius 1 is 1.17 bits per heavy atom. The third-order valence-corrected chi connectivity index (χ3v) is 4.99. The number of nitrogens with zero attached hydrogens (tertiary/aromatic N) is 2. The van der Waals surface area contributed by atoms with Crippen molar-refractivity contribution in [3.8, 4) is 0 Å². The number of aliphatic hydroxyl groups excluding tert-OH is 1. The maximum atomic E-state index is 9.75. The second kappa shape index (κ2) is 9.17. The van der Waals surface area contributed by atoms with Crippen molar-refractivity contribution < 1.29 is 5.11 Å². The number of rotatable bonds is 5. The summed E-state index contributed by atoms with van der Waals surface area (Å²) in [5, 5.41) is 9.75. The van der Waals surface area contributed by atoms with Gasteiger partial charge in [-0.25, -0.2) is 0 Å². The lowest BCUT2D eigenvalue weighted by Crippen LogP contribution is -2.26. The fourth-order valence-electron chi connectivity index (χ4n) is 3.78. The van der Waals surface area contributed by atoms with Crippen LogP contribution in [0.3, 0.4) is 0 Å². The smallest absolute Gasteiger partial charge is 0.0609 e. The van der Waals surface area contributed by atoms with Gasteiger partial charge in [-0.2, -0.15) is 0 Å². The molecule has 0 spiro atoms. The first-order valence-corrected chi connectivity index (χ1v) is 9.22. The Labute approximate surface area is 141 Å². The molecule has 128 valence electrons. The minimum absolute atomic E-state index is 0.294. The quantitative estimate of drug-likeness (QED) is 0.783. The van der Waals surface area contributed by atoms with Gasteiger partial charge in [-0.3, -0.25) is 9.98 Å². The van der Waals surface area contributed by atoms with Gasteiger partial charge in [-0.05, 0) is 69.1 Å². The van der Waals surface area contributed by atoms with Gasteiger partial charge >= 0.3 is 0 Å². The van der Waals surface area contributed by atoms with Crippen molar-refractivity contribution in [2.24, 2.45) is 21.8 Å². The van der Waals surface area contributed by atoms with Gasteiger partial charge in [-0.1, -0.05) is 26.2 Å². The lowest BCUT2D eigenvalue weighted by Gasteiger charge is -2.32. The maximum Gasteiger partial charge on any atom is 0.0609 e. The van der Waals surface area contributed by atoms with Gasteiger partial charge in [0.2, 0.25) is 0 Å². The van der Waals surface area contributed by atoms with Crippen LogP contribution in [0.4, 0.5) is 0 Å².